The summed E-state index contributed by atoms with van der Waals surface area (Å²) in [6.45, 7) is -0.369. The number of fused-ring (bicyclic) bond motifs is 2. The van der Waals surface area contributed by atoms with Crippen LogP contribution in [0.15, 0.2) is 12.7 Å². The molecule has 2 aliphatic rings. The highest BCUT2D eigenvalue weighted by molar-refractivity contribution is 7.46. The average Bonchev–Trinajstić information content (AvgIpc) is 3.05. The molecule has 0 bridgehead atoms. The standard InChI is InChI=1S/C13H19N5O8P2/c1-14-11-10-12(16-5-15-11)18(6-17-10)8-2-9(26-28(22,23)24)13(3-7(8)13)4-25-27(19,20)21/h5-9H,2-4H2,1H3,(H,14,15,16)(H2,19,20,21)(H2,22,23,24)/t7?,8-,9-,13?/m0/s1. The van der Waals surface area contributed by atoms with Crippen LogP contribution < -0.4 is 5.32 Å². The van der Waals surface area contributed by atoms with Crippen molar-refractivity contribution in [2.24, 2.45) is 11.3 Å². The molecule has 0 amide bonds. The Hall–Kier alpha value is -1.43. The summed E-state index contributed by atoms with van der Waals surface area (Å²) in [5.74, 6) is 0.373. The van der Waals surface area contributed by atoms with Crippen molar-refractivity contribution < 1.29 is 37.8 Å². The van der Waals surface area contributed by atoms with E-state index >= 15 is 0 Å². The molecule has 5 N–H and O–H groups in total. The summed E-state index contributed by atoms with van der Waals surface area (Å²) in [6, 6.07) is -0.276. The molecule has 2 aromatic heterocycles. The van der Waals surface area contributed by atoms with Crippen molar-refractivity contribution in [2.45, 2.75) is 25.0 Å². The van der Waals surface area contributed by atoms with Crippen LogP contribution in [0.4, 0.5) is 5.82 Å². The summed E-state index contributed by atoms with van der Waals surface area (Å²) in [4.78, 5) is 49.3. The lowest BCUT2D eigenvalue weighted by molar-refractivity contribution is 0.0499. The molecule has 154 valence electrons. The second-order valence-electron chi connectivity index (χ2n) is 6.99. The summed E-state index contributed by atoms with van der Waals surface area (Å²) in [5.41, 5.74) is 0.183. The van der Waals surface area contributed by atoms with Crippen molar-refractivity contribution in [3.8, 4) is 0 Å². The molecule has 0 aliphatic heterocycles. The van der Waals surface area contributed by atoms with E-state index in [1.165, 1.54) is 6.33 Å². The molecule has 0 radical (unpaired) electrons. The van der Waals surface area contributed by atoms with Gasteiger partial charge in [0.2, 0.25) is 0 Å². The molecule has 2 aromatic rings. The second-order valence-corrected chi connectivity index (χ2v) is 9.42. The van der Waals surface area contributed by atoms with Gasteiger partial charge in [-0.3, -0.25) is 9.05 Å². The first kappa shape index (κ1) is 19.9. The fraction of sp³-hybridized carbons (Fsp3) is 0.615. The van der Waals surface area contributed by atoms with E-state index in [4.69, 9.17) is 14.3 Å². The molecule has 0 aromatic carbocycles. The number of nitrogens with one attached hydrogen (secondary N) is 1. The third-order valence-corrected chi connectivity index (χ3v) is 6.45. The number of hydrogen-bond acceptors (Lipinski definition) is 8. The lowest BCUT2D eigenvalue weighted by Crippen LogP contribution is -2.26. The Morgan fingerprint density at radius 2 is 2.00 bits per heavy atom. The maximum absolute atomic E-state index is 11.4. The molecule has 0 saturated heterocycles. The minimum absolute atomic E-state index is 0.166. The molecule has 2 aliphatic carbocycles. The monoisotopic (exact) mass is 435 g/mol. The molecule has 4 rings (SSSR count). The van der Waals surface area contributed by atoms with E-state index in [0.717, 1.165) is 0 Å². The summed E-state index contributed by atoms with van der Waals surface area (Å²) in [5, 5.41) is 2.92. The number of phosphoric ester groups is 2. The van der Waals surface area contributed by atoms with Crippen molar-refractivity contribution in [1.29, 1.82) is 0 Å². The van der Waals surface area contributed by atoms with Crippen LogP contribution in [-0.2, 0) is 18.2 Å². The Bertz CT molecular complexity index is 1000. The number of hydrogen-bond donors (Lipinski definition) is 5. The third kappa shape index (κ3) is 3.49. The van der Waals surface area contributed by atoms with E-state index in [-0.39, 0.29) is 25.0 Å². The molecular formula is C13H19N5O8P2. The molecule has 2 fully saturated rings. The van der Waals surface area contributed by atoms with Gasteiger partial charge in [0.05, 0.1) is 19.0 Å². The molecule has 4 atom stereocenters. The van der Waals surface area contributed by atoms with Crippen LogP contribution in [0.2, 0.25) is 0 Å². The molecule has 2 unspecified atom stereocenters. The summed E-state index contributed by atoms with van der Waals surface area (Å²) < 4.78 is 34.0. The Morgan fingerprint density at radius 1 is 1.25 bits per heavy atom. The minimum Gasteiger partial charge on any atom is -0.371 e. The van der Waals surface area contributed by atoms with Crippen LogP contribution in [-0.4, -0.2) is 58.9 Å². The van der Waals surface area contributed by atoms with Crippen molar-refractivity contribution >= 4 is 32.6 Å². The number of aromatic nitrogens is 4. The first-order valence-electron chi connectivity index (χ1n) is 8.33. The van der Waals surface area contributed by atoms with Gasteiger partial charge in [0.15, 0.2) is 11.5 Å². The van der Waals surface area contributed by atoms with Crippen LogP contribution >= 0.6 is 15.6 Å². The van der Waals surface area contributed by atoms with Crippen LogP contribution in [0.25, 0.3) is 11.2 Å². The van der Waals surface area contributed by atoms with Gasteiger partial charge < -0.3 is 29.5 Å². The average molecular weight is 435 g/mol. The molecule has 2 heterocycles. The fourth-order valence-electron chi connectivity index (χ4n) is 4.22. The minimum atomic E-state index is -4.81. The first-order chi connectivity index (χ1) is 13.0. The number of rotatable bonds is 7. The van der Waals surface area contributed by atoms with Crippen LogP contribution in [0.1, 0.15) is 18.9 Å². The normalized spacial score (nSPS) is 29.8. The van der Waals surface area contributed by atoms with E-state index in [9.17, 15) is 18.9 Å². The van der Waals surface area contributed by atoms with Gasteiger partial charge >= 0.3 is 15.6 Å². The highest BCUT2D eigenvalue weighted by atomic mass is 31.2. The highest BCUT2D eigenvalue weighted by Gasteiger charge is 2.70. The molecule has 0 spiro atoms. The van der Waals surface area contributed by atoms with Gasteiger partial charge in [-0.15, -0.1) is 0 Å². The topological polar surface area (TPSA) is 189 Å². The van der Waals surface area contributed by atoms with E-state index in [0.29, 0.717) is 23.4 Å². The zero-order valence-corrected chi connectivity index (χ0v) is 16.4. The predicted molar refractivity (Wildman–Crippen MR) is 94.0 cm³/mol. The summed E-state index contributed by atoms with van der Waals surface area (Å²) in [6.07, 6.45) is 2.66. The quantitative estimate of drug-likeness (QED) is 0.377. The van der Waals surface area contributed by atoms with Crippen molar-refractivity contribution in [3.05, 3.63) is 12.7 Å². The van der Waals surface area contributed by atoms with Gasteiger partial charge in [-0.2, -0.15) is 0 Å². The van der Waals surface area contributed by atoms with Gasteiger partial charge in [-0.25, -0.2) is 24.1 Å². The molecule has 15 heteroatoms. The highest BCUT2D eigenvalue weighted by Crippen LogP contribution is 2.71. The lowest BCUT2D eigenvalue weighted by Gasteiger charge is -2.24. The summed E-state index contributed by atoms with van der Waals surface area (Å²) in [7, 11) is -7.85. The van der Waals surface area contributed by atoms with E-state index in [2.05, 4.69) is 24.8 Å². The van der Waals surface area contributed by atoms with Gasteiger partial charge in [-0.1, -0.05) is 0 Å². The van der Waals surface area contributed by atoms with Gasteiger partial charge in [0.25, 0.3) is 0 Å². The van der Waals surface area contributed by atoms with Crippen molar-refractivity contribution in [3.63, 3.8) is 0 Å². The van der Waals surface area contributed by atoms with Crippen LogP contribution in [0, 0.1) is 11.3 Å². The van der Waals surface area contributed by atoms with E-state index in [1.54, 1.807) is 17.9 Å². The lowest BCUT2D eigenvalue weighted by atomic mass is 10.0. The maximum Gasteiger partial charge on any atom is 0.469 e. The molecular weight excluding hydrogens is 416 g/mol. The second kappa shape index (κ2) is 6.54. The van der Waals surface area contributed by atoms with Gasteiger partial charge in [0.1, 0.15) is 11.8 Å². The third-order valence-electron chi connectivity index (χ3n) is 5.46. The molecule has 28 heavy (non-hydrogen) atoms. The van der Waals surface area contributed by atoms with E-state index in [1.807, 2.05) is 0 Å². The van der Waals surface area contributed by atoms with Crippen molar-refractivity contribution in [1.82, 2.24) is 19.5 Å². The molecule has 13 nitrogen and oxygen atoms in total. The number of phosphoric acid groups is 2. The number of anilines is 1. The number of imidazole rings is 1. The first-order valence-corrected chi connectivity index (χ1v) is 11.4. The predicted octanol–water partition coefficient (Wildman–Crippen LogP) is 0.406. The smallest absolute Gasteiger partial charge is 0.371 e. The Labute approximate surface area is 158 Å². The SMILES string of the molecule is CNc1ncnc2c1ncn2[C@H]1C[C@H](OP(=O)(O)O)C2(COP(=O)(O)O)CC12. The van der Waals surface area contributed by atoms with Crippen LogP contribution in [0.5, 0.6) is 0 Å². The zero-order valence-electron chi connectivity index (χ0n) is 14.6. The van der Waals surface area contributed by atoms with E-state index < -0.39 is 27.2 Å². The Balaban J connectivity index is 1.67. The fourth-order valence-corrected chi connectivity index (χ4v) is 5.26. The summed E-state index contributed by atoms with van der Waals surface area (Å²) >= 11 is 0. The zero-order chi connectivity index (χ0) is 20.3. The van der Waals surface area contributed by atoms with Gasteiger partial charge in [0, 0.05) is 18.5 Å². The van der Waals surface area contributed by atoms with Crippen molar-refractivity contribution in [2.75, 3.05) is 19.0 Å². The Morgan fingerprint density at radius 3 is 2.64 bits per heavy atom. The van der Waals surface area contributed by atoms with Crippen LogP contribution in [0.3, 0.4) is 0 Å². The Kier molecular flexibility index (Phi) is 4.64. The number of nitrogens with zero attached hydrogens (tertiary/aromatic N) is 4. The largest absolute Gasteiger partial charge is 0.469 e. The maximum atomic E-state index is 11.4. The molecule has 2 saturated carbocycles. The van der Waals surface area contributed by atoms with Gasteiger partial charge in [-0.05, 0) is 18.8 Å².